The molecule has 0 atom stereocenters. The largest absolute Gasteiger partial charge is 0.348 e. The number of nitrogens with zero attached hydrogens (tertiary/aromatic N) is 1. The fraction of sp³-hybridized carbons (Fsp3) is 0.0500. The van der Waals surface area contributed by atoms with E-state index >= 15 is 0 Å². The summed E-state index contributed by atoms with van der Waals surface area (Å²) in [4.78, 5) is 28.5. The van der Waals surface area contributed by atoms with Crippen molar-refractivity contribution in [3.63, 3.8) is 0 Å². The third-order valence-corrected chi connectivity index (χ3v) is 3.66. The number of amides is 2. The second-order valence-corrected chi connectivity index (χ2v) is 5.59. The van der Waals surface area contributed by atoms with E-state index in [-0.39, 0.29) is 35.3 Å². The molecule has 0 aliphatic rings. The van der Waals surface area contributed by atoms with Crippen LogP contribution in [0.4, 0.5) is 10.1 Å². The predicted molar refractivity (Wildman–Crippen MR) is 96.2 cm³/mol. The smallest absolute Gasteiger partial charge is 0.257 e. The number of halogens is 1. The van der Waals surface area contributed by atoms with Crippen molar-refractivity contribution in [1.82, 2.24) is 10.3 Å². The molecular formula is C20H16FN3O2. The van der Waals surface area contributed by atoms with Crippen LogP contribution in [0.2, 0.25) is 0 Å². The average molecular weight is 349 g/mol. The lowest BCUT2D eigenvalue weighted by atomic mass is 10.1. The summed E-state index contributed by atoms with van der Waals surface area (Å²) in [7, 11) is 0. The summed E-state index contributed by atoms with van der Waals surface area (Å²) < 4.78 is 12.9. The number of hydrogen-bond donors (Lipinski definition) is 2. The van der Waals surface area contributed by atoms with Crippen molar-refractivity contribution < 1.29 is 14.0 Å². The van der Waals surface area contributed by atoms with Gasteiger partial charge in [0.05, 0.1) is 11.1 Å². The van der Waals surface area contributed by atoms with Crippen LogP contribution in [0.15, 0.2) is 73.1 Å². The third-order valence-electron chi connectivity index (χ3n) is 3.66. The minimum absolute atomic E-state index is 0.250. The molecule has 3 aromatic rings. The Kier molecular flexibility index (Phi) is 5.34. The van der Waals surface area contributed by atoms with E-state index in [2.05, 4.69) is 15.6 Å². The Labute approximate surface area is 149 Å². The zero-order chi connectivity index (χ0) is 18.4. The normalized spacial score (nSPS) is 10.2. The number of rotatable bonds is 5. The van der Waals surface area contributed by atoms with E-state index < -0.39 is 0 Å². The standard InChI is InChI=1S/C20H16FN3O2/c21-17-8-6-14(7-9-17)11-23-19(25)15-10-16(13-22-12-15)20(26)24-18-4-2-1-3-5-18/h1-10,12-13H,11H2,(H,23,25)(H,24,26). The number of nitrogens with one attached hydrogen (secondary N) is 2. The Morgan fingerprint density at radius 3 is 2.23 bits per heavy atom. The number of anilines is 1. The highest BCUT2D eigenvalue weighted by atomic mass is 19.1. The number of carbonyl (C=O) groups excluding carboxylic acids is 2. The molecule has 26 heavy (non-hydrogen) atoms. The summed E-state index contributed by atoms with van der Waals surface area (Å²) >= 11 is 0. The van der Waals surface area contributed by atoms with Gasteiger partial charge in [-0.15, -0.1) is 0 Å². The molecule has 0 saturated carbocycles. The molecule has 2 aromatic carbocycles. The summed E-state index contributed by atoms with van der Waals surface area (Å²) in [5.74, 6) is -1.05. The van der Waals surface area contributed by atoms with Crippen LogP contribution in [-0.4, -0.2) is 16.8 Å². The zero-order valence-corrected chi connectivity index (χ0v) is 13.8. The van der Waals surface area contributed by atoms with Gasteiger partial charge in [0, 0.05) is 24.6 Å². The molecule has 2 amide bonds. The first-order valence-corrected chi connectivity index (χ1v) is 7.96. The number of benzene rings is 2. The Balaban J connectivity index is 1.65. The maximum Gasteiger partial charge on any atom is 0.257 e. The molecule has 6 heteroatoms. The molecule has 1 aromatic heterocycles. The van der Waals surface area contributed by atoms with Gasteiger partial charge in [-0.05, 0) is 35.9 Å². The van der Waals surface area contributed by atoms with Crippen molar-refractivity contribution in [1.29, 1.82) is 0 Å². The summed E-state index contributed by atoms with van der Waals surface area (Å²) in [6.07, 6.45) is 2.79. The van der Waals surface area contributed by atoms with Gasteiger partial charge >= 0.3 is 0 Å². The van der Waals surface area contributed by atoms with Crippen LogP contribution in [-0.2, 0) is 6.54 Å². The van der Waals surface area contributed by atoms with E-state index in [1.165, 1.54) is 30.6 Å². The highest BCUT2D eigenvalue weighted by Gasteiger charge is 2.11. The van der Waals surface area contributed by atoms with Gasteiger partial charge in [-0.2, -0.15) is 0 Å². The Morgan fingerprint density at radius 2 is 1.54 bits per heavy atom. The molecule has 130 valence electrons. The molecule has 0 spiro atoms. The second kappa shape index (κ2) is 8.02. The van der Waals surface area contributed by atoms with Crippen molar-refractivity contribution >= 4 is 17.5 Å². The van der Waals surface area contributed by atoms with Gasteiger partial charge in [-0.25, -0.2) is 4.39 Å². The number of hydrogen-bond acceptors (Lipinski definition) is 3. The molecule has 5 nitrogen and oxygen atoms in total. The fourth-order valence-electron chi connectivity index (χ4n) is 2.30. The second-order valence-electron chi connectivity index (χ2n) is 5.59. The highest BCUT2D eigenvalue weighted by Crippen LogP contribution is 2.10. The van der Waals surface area contributed by atoms with Crippen molar-refractivity contribution in [3.8, 4) is 0 Å². The van der Waals surface area contributed by atoms with E-state index in [1.54, 1.807) is 24.3 Å². The third kappa shape index (κ3) is 4.51. The van der Waals surface area contributed by atoms with E-state index in [0.717, 1.165) is 5.56 Å². The molecule has 2 N–H and O–H groups in total. The molecular weight excluding hydrogens is 333 g/mol. The van der Waals surface area contributed by atoms with Crippen LogP contribution >= 0.6 is 0 Å². The van der Waals surface area contributed by atoms with Gasteiger partial charge in [0.2, 0.25) is 0 Å². The first kappa shape index (κ1) is 17.3. The van der Waals surface area contributed by atoms with Crippen LogP contribution in [0.5, 0.6) is 0 Å². The van der Waals surface area contributed by atoms with Crippen LogP contribution in [0, 0.1) is 5.82 Å². The van der Waals surface area contributed by atoms with Gasteiger partial charge < -0.3 is 10.6 Å². The molecule has 0 aliphatic heterocycles. The van der Waals surface area contributed by atoms with Gasteiger partial charge in [0.1, 0.15) is 5.82 Å². The zero-order valence-electron chi connectivity index (χ0n) is 13.8. The molecule has 0 unspecified atom stereocenters. The van der Waals surface area contributed by atoms with Crippen molar-refractivity contribution in [2.45, 2.75) is 6.54 Å². The number of carbonyl (C=O) groups is 2. The van der Waals surface area contributed by atoms with Gasteiger partial charge in [0.25, 0.3) is 11.8 Å². The first-order valence-electron chi connectivity index (χ1n) is 7.96. The van der Waals surface area contributed by atoms with Crippen LogP contribution in [0.25, 0.3) is 0 Å². The molecule has 0 fully saturated rings. The fourth-order valence-corrected chi connectivity index (χ4v) is 2.30. The monoisotopic (exact) mass is 349 g/mol. The molecule has 3 rings (SSSR count). The minimum atomic E-state index is -0.365. The van der Waals surface area contributed by atoms with E-state index in [4.69, 9.17) is 0 Å². The summed E-state index contributed by atoms with van der Waals surface area (Å²) in [6, 6.07) is 16.3. The van der Waals surface area contributed by atoms with Gasteiger partial charge in [-0.1, -0.05) is 30.3 Å². The first-order chi connectivity index (χ1) is 12.6. The van der Waals surface area contributed by atoms with Gasteiger partial charge in [-0.3, -0.25) is 14.6 Å². The minimum Gasteiger partial charge on any atom is -0.348 e. The molecule has 0 radical (unpaired) electrons. The Hall–Kier alpha value is -3.54. The maximum absolute atomic E-state index is 12.9. The summed E-state index contributed by atoms with van der Waals surface area (Å²) in [5, 5.41) is 5.46. The van der Waals surface area contributed by atoms with E-state index in [9.17, 15) is 14.0 Å². The van der Waals surface area contributed by atoms with Crippen LogP contribution in [0.1, 0.15) is 26.3 Å². The average Bonchev–Trinajstić information content (AvgIpc) is 2.68. The molecule has 0 aliphatic carbocycles. The number of para-hydroxylation sites is 1. The van der Waals surface area contributed by atoms with Crippen LogP contribution < -0.4 is 10.6 Å². The number of pyridine rings is 1. The van der Waals surface area contributed by atoms with E-state index in [0.29, 0.717) is 5.69 Å². The lowest BCUT2D eigenvalue weighted by molar-refractivity contribution is 0.0950. The number of aromatic nitrogens is 1. The van der Waals surface area contributed by atoms with Crippen molar-refractivity contribution in [2.24, 2.45) is 0 Å². The summed E-state index contributed by atoms with van der Waals surface area (Å²) in [5.41, 5.74) is 1.98. The van der Waals surface area contributed by atoms with Crippen molar-refractivity contribution in [3.05, 3.63) is 95.6 Å². The van der Waals surface area contributed by atoms with Gasteiger partial charge in [0.15, 0.2) is 0 Å². The Bertz CT molecular complexity index is 912. The Morgan fingerprint density at radius 1 is 0.885 bits per heavy atom. The lowest BCUT2D eigenvalue weighted by Crippen LogP contribution is -2.23. The summed E-state index contributed by atoms with van der Waals surface area (Å²) in [6.45, 7) is 0.250. The quantitative estimate of drug-likeness (QED) is 0.742. The SMILES string of the molecule is O=C(NCc1ccc(F)cc1)c1cncc(C(=O)Nc2ccccc2)c1. The maximum atomic E-state index is 12.9. The van der Waals surface area contributed by atoms with Crippen molar-refractivity contribution in [2.75, 3.05) is 5.32 Å². The topological polar surface area (TPSA) is 71.1 Å². The van der Waals surface area contributed by atoms with E-state index in [1.807, 2.05) is 18.2 Å². The predicted octanol–water partition coefficient (Wildman–Crippen LogP) is 3.40. The molecule has 1 heterocycles. The lowest BCUT2D eigenvalue weighted by Gasteiger charge is -2.08. The van der Waals surface area contributed by atoms with Crippen LogP contribution in [0.3, 0.4) is 0 Å². The highest BCUT2D eigenvalue weighted by molar-refractivity contribution is 6.05. The molecule has 0 saturated heterocycles. The molecule has 0 bridgehead atoms.